The van der Waals surface area contributed by atoms with Gasteiger partial charge in [-0.15, -0.1) is 10.2 Å². The number of nitrogens with one attached hydrogen (secondary N) is 1. The lowest BCUT2D eigenvalue weighted by Gasteiger charge is -2.36. The van der Waals surface area contributed by atoms with Gasteiger partial charge in [-0.25, -0.2) is 0 Å². The Kier molecular flexibility index (Phi) is 6.69. The molecule has 8 nitrogen and oxygen atoms in total. The highest BCUT2D eigenvalue weighted by atomic mass is 32.2. The number of aryl methyl sites for hydroxylation is 1. The molecular weight excluding hydrogens is 400 g/mol. The topological polar surface area (TPSA) is 83.4 Å². The standard InChI is InChI=1S/C21H28N6O2S/c1-25-15-22-24-21(25)30-14-19(28)23-17-6-4-5-16(13-17)20(29)27-11-7-18(8-12-27)26-9-2-3-10-26/h4-6,13,15,18H,2-3,7-12,14H2,1H3,(H,23,28). The van der Waals surface area contributed by atoms with Crippen molar-refractivity contribution in [1.29, 1.82) is 0 Å². The average Bonchev–Trinajstić information content (AvgIpc) is 3.44. The maximum absolute atomic E-state index is 13.0. The third-order valence-electron chi connectivity index (χ3n) is 5.80. The molecule has 2 aliphatic heterocycles. The average molecular weight is 429 g/mol. The van der Waals surface area contributed by atoms with Gasteiger partial charge in [0, 0.05) is 37.4 Å². The van der Waals surface area contributed by atoms with E-state index >= 15 is 0 Å². The van der Waals surface area contributed by atoms with Crippen molar-refractivity contribution in [2.75, 3.05) is 37.2 Å². The van der Waals surface area contributed by atoms with Crippen molar-refractivity contribution in [3.8, 4) is 0 Å². The van der Waals surface area contributed by atoms with E-state index < -0.39 is 0 Å². The van der Waals surface area contributed by atoms with E-state index in [1.54, 1.807) is 23.0 Å². The molecule has 2 amide bonds. The molecule has 0 spiro atoms. The minimum absolute atomic E-state index is 0.0411. The second-order valence-electron chi connectivity index (χ2n) is 7.91. The molecule has 1 aromatic carbocycles. The van der Waals surface area contributed by atoms with Gasteiger partial charge in [-0.2, -0.15) is 0 Å². The normalized spacial score (nSPS) is 18.0. The number of carbonyl (C=O) groups excluding carboxylic acids is 2. The lowest BCUT2D eigenvalue weighted by atomic mass is 10.0. The van der Waals surface area contributed by atoms with E-state index in [1.807, 2.05) is 24.1 Å². The zero-order valence-corrected chi connectivity index (χ0v) is 18.1. The van der Waals surface area contributed by atoms with Crippen LogP contribution >= 0.6 is 11.8 Å². The van der Waals surface area contributed by atoms with Crippen molar-refractivity contribution in [2.24, 2.45) is 7.05 Å². The van der Waals surface area contributed by atoms with Crippen LogP contribution in [0.5, 0.6) is 0 Å². The van der Waals surface area contributed by atoms with Gasteiger partial charge < -0.3 is 19.7 Å². The van der Waals surface area contributed by atoms with Crippen LogP contribution in [-0.2, 0) is 11.8 Å². The minimum Gasteiger partial charge on any atom is -0.339 e. The molecule has 1 N–H and O–H groups in total. The molecule has 0 radical (unpaired) electrons. The number of likely N-dealkylation sites (tertiary alicyclic amines) is 2. The molecule has 2 fully saturated rings. The van der Waals surface area contributed by atoms with Crippen LogP contribution in [0.25, 0.3) is 0 Å². The first-order valence-corrected chi connectivity index (χ1v) is 11.5. The van der Waals surface area contributed by atoms with Crippen molar-refractivity contribution >= 4 is 29.3 Å². The van der Waals surface area contributed by atoms with Crippen LogP contribution < -0.4 is 5.32 Å². The molecular formula is C21H28N6O2S. The summed E-state index contributed by atoms with van der Waals surface area (Å²) in [4.78, 5) is 29.8. The lowest BCUT2D eigenvalue weighted by Crippen LogP contribution is -2.45. The molecule has 3 heterocycles. The number of carbonyl (C=O) groups is 2. The molecule has 0 bridgehead atoms. The van der Waals surface area contributed by atoms with E-state index in [-0.39, 0.29) is 17.6 Å². The first-order chi connectivity index (χ1) is 14.6. The van der Waals surface area contributed by atoms with Crippen LogP contribution in [-0.4, -0.2) is 74.4 Å². The largest absolute Gasteiger partial charge is 0.339 e. The van der Waals surface area contributed by atoms with Gasteiger partial charge in [-0.1, -0.05) is 17.8 Å². The van der Waals surface area contributed by atoms with Crippen molar-refractivity contribution < 1.29 is 9.59 Å². The van der Waals surface area contributed by atoms with Gasteiger partial charge >= 0.3 is 0 Å². The zero-order valence-electron chi connectivity index (χ0n) is 17.3. The van der Waals surface area contributed by atoms with Crippen LogP contribution in [0, 0.1) is 0 Å². The van der Waals surface area contributed by atoms with E-state index in [2.05, 4.69) is 20.4 Å². The highest BCUT2D eigenvalue weighted by Crippen LogP contribution is 2.23. The fraction of sp³-hybridized carbons (Fsp3) is 0.524. The lowest BCUT2D eigenvalue weighted by molar-refractivity contribution is -0.113. The van der Waals surface area contributed by atoms with Gasteiger partial charge in [0.2, 0.25) is 5.91 Å². The maximum atomic E-state index is 13.0. The molecule has 2 aromatic rings. The van der Waals surface area contributed by atoms with E-state index in [4.69, 9.17) is 0 Å². The highest BCUT2D eigenvalue weighted by Gasteiger charge is 2.28. The van der Waals surface area contributed by atoms with Crippen LogP contribution in [0.3, 0.4) is 0 Å². The first-order valence-electron chi connectivity index (χ1n) is 10.5. The summed E-state index contributed by atoms with van der Waals surface area (Å²) in [5.41, 5.74) is 1.25. The van der Waals surface area contributed by atoms with Crippen LogP contribution in [0.4, 0.5) is 5.69 Å². The molecule has 9 heteroatoms. The smallest absolute Gasteiger partial charge is 0.253 e. The number of hydrogen-bond donors (Lipinski definition) is 1. The predicted molar refractivity (Wildman–Crippen MR) is 117 cm³/mol. The number of amides is 2. The maximum Gasteiger partial charge on any atom is 0.253 e. The quantitative estimate of drug-likeness (QED) is 0.711. The molecule has 0 saturated carbocycles. The van der Waals surface area contributed by atoms with Crippen LogP contribution in [0.2, 0.25) is 0 Å². The second kappa shape index (κ2) is 9.61. The Morgan fingerprint density at radius 1 is 1.17 bits per heavy atom. The number of nitrogens with zero attached hydrogens (tertiary/aromatic N) is 5. The third kappa shape index (κ3) is 5.02. The van der Waals surface area contributed by atoms with E-state index in [1.165, 1.54) is 37.7 Å². The summed E-state index contributed by atoms with van der Waals surface area (Å²) in [7, 11) is 1.84. The third-order valence-corrected chi connectivity index (χ3v) is 6.84. The molecule has 0 atom stereocenters. The second-order valence-corrected chi connectivity index (χ2v) is 8.85. The van der Waals surface area contributed by atoms with Gasteiger partial charge in [0.05, 0.1) is 5.75 Å². The Labute approximate surface area is 181 Å². The Morgan fingerprint density at radius 2 is 1.93 bits per heavy atom. The van der Waals surface area contributed by atoms with Crippen LogP contribution in [0.1, 0.15) is 36.0 Å². The van der Waals surface area contributed by atoms with Crippen molar-refractivity contribution in [3.05, 3.63) is 36.2 Å². The number of rotatable bonds is 6. The molecule has 1 aromatic heterocycles. The van der Waals surface area contributed by atoms with Crippen molar-refractivity contribution in [3.63, 3.8) is 0 Å². The van der Waals surface area contributed by atoms with Gasteiger partial charge in [0.15, 0.2) is 5.16 Å². The first kappa shape index (κ1) is 20.9. The number of anilines is 1. The molecule has 2 aliphatic rings. The predicted octanol–water partition coefficient (Wildman–Crippen LogP) is 2.25. The van der Waals surface area contributed by atoms with Crippen molar-refractivity contribution in [1.82, 2.24) is 24.6 Å². The summed E-state index contributed by atoms with van der Waals surface area (Å²) in [6.07, 6.45) is 6.29. The summed E-state index contributed by atoms with van der Waals surface area (Å²) in [5.74, 6) is 0.132. The Morgan fingerprint density at radius 3 is 2.63 bits per heavy atom. The molecule has 4 rings (SSSR count). The Hall–Kier alpha value is -2.39. The summed E-state index contributed by atoms with van der Waals surface area (Å²) in [6.45, 7) is 4.00. The van der Waals surface area contributed by atoms with Gasteiger partial charge in [-0.3, -0.25) is 9.59 Å². The summed E-state index contributed by atoms with van der Waals surface area (Å²) >= 11 is 1.32. The fourth-order valence-electron chi connectivity index (χ4n) is 4.18. The minimum atomic E-state index is -0.140. The number of thioether (sulfide) groups is 1. The fourth-order valence-corrected chi connectivity index (χ4v) is 4.87. The Balaban J connectivity index is 1.29. The van der Waals surface area contributed by atoms with Crippen molar-refractivity contribution in [2.45, 2.75) is 36.9 Å². The molecule has 0 aliphatic carbocycles. The number of aromatic nitrogens is 3. The summed E-state index contributed by atoms with van der Waals surface area (Å²) in [6, 6.07) is 7.82. The zero-order chi connectivity index (χ0) is 20.9. The highest BCUT2D eigenvalue weighted by molar-refractivity contribution is 7.99. The number of hydrogen-bond acceptors (Lipinski definition) is 6. The van der Waals surface area contributed by atoms with Gasteiger partial charge in [0.25, 0.3) is 5.91 Å². The van der Waals surface area contributed by atoms with E-state index in [0.717, 1.165) is 25.9 Å². The van der Waals surface area contributed by atoms with Gasteiger partial charge in [-0.05, 0) is 57.0 Å². The number of piperidine rings is 1. The molecule has 2 saturated heterocycles. The van der Waals surface area contributed by atoms with E-state index in [0.29, 0.717) is 22.4 Å². The number of benzene rings is 1. The SMILES string of the molecule is Cn1cnnc1SCC(=O)Nc1cccc(C(=O)N2CCC(N3CCCC3)CC2)c1. The van der Waals surface area contributed by atoms with Crippen LogP contribution in [0.15, 0.2) is 35.7 Å². The Bertz CT molecular complexity index is 887. The summed E-state index contributed by atoms with van der Waals surface area (Å²) < 4.78 is 1.77. The summed E-state index contributed by atoms with van der Waals surface area (Å²) in [5, 5.41) is 11.3. The molecule has 160 valence electrons. The van der Waals surface area contributed by atoms with Gasteiger partial charge in [0.1, 0.15) is 6.33 Å². The van der Waals surface area contributed by atoms with E-state index in [9.17, 15) is 9.59 Å². The monoisotopic (exact) mass is 428 g/mol. The molecule has 0 unspecified atom stereocenters. The molecule has 30 heavy (non-hydrogen) atoms.